The molecular formula is C28H37N5O4S2. The van der Waals surface area contributed by atoms with Crippen molar-refractivity contribution >= 4 is 48.2 Å². The van der Waals surface area contributed by atoms with Crippen molar-refractivity contribution in [2.75, 3.05) is 62.1 Å². The van der Waals surface area contributed by atoms with E-state index >= 15 is 0 Å². The number of methoxy groups -OCH3 is 1. The van der Waals surface area contributed by atoms with E-state index < -0.39 is 9.84 Å². The number of fused-ring (bicyclic) bond motifs is 1. The molecule has 3 heterocycles. The number of pyridine rings is 1. The van der Waals surface area contributed by atoms with Crippen molar-refractivity contribution in [3.63, 3.8) is 0 Å². The molecule has 1 saturated carbocycles. The smallest absolute Gasteiger partial charge is 0.233 e. The van der Waals surface area contributed by atoms with Crippen molar-refractivity contribution in [3.05, 3.63) is 42.0 Å². The van der Waals surface area contributed by atoms with Crippen LogP contribution in [0.5, 0.6) is 5.88 Å². The number of sulfone groups is 1. The number of anilines is 2. The second kappa shape index (κ2) is 12.2. The number of thiazole rings is 1. The average Bonchev–Trinajstić information content (AvgIpc) is 3.59. The Morgan fingerprint density at radius 2 is 1.79 bits per heavy atom. The van der Waals surface area contributed by atoms with Crippen LogP contribution < -0.4 is 15.0 Å². The van der Waals surface area contributed by atoms with Gasteiger partial charge in [-0.15, -0.1) is 0 Å². The van der Waals surface area contributed by atoms with Crippen LogP contribution in [-0.2, 0) is 14.6 Å². The van der Waals surface area contributed by atoms with Gasteiger partial charge in [0, 0.05) is 50.7 Å². The highest BCUT2D eigenvalue weighted by molar-refractivity contribution is 7.90. The monoisotopic (exact) mass is 571 g/mol. The summed E-state index contributed by atoms with van der Waals surface area (Å²) in [5, 5.41) is 3.63. The fourth-order valence-electron chi connectivity index (χ4n) is 5.58. The molecule has 1 atom stereocenters. The standard InChI is InChI=1S/C28H37N5O4S2/c1-37-25-12-11-24-27(30-25)38-28(29-24)31-26(34)23(19-20-5-3-4-6-20)21-7-9-22(10-8-21)33-15-13-32(14-16-33)17-18-39(2,35)36/h7-12,20,23H,3-6,13-19H2,1-2H3,(H,29,31,34). The number of nitrogens with zero attached hydrogens (tertiary/aromatic N) is 4. The topological polar surface area (TPSA) is 105 Å². The second-order valence-electron chi connectivity index (χ2n) is 10.7. The molecule has 5 rings (SSSR count). The molecule has 0 bridgehead atoms. The molecule has 1 aromatic carbocycles. The predicted molar refractivity (Wildman–Crippen MR) is 157 cm³/mol. The van der Waals surface area contributed by atoms with Crippen LogP contribution in [-0.4, -0.2) is 81.0 Å². The van der Waals surface area contributed by atoms with E-state index in [0.717, 1.165) is 54.2 Å². The zero-order valence-corrected chi connectivity index (χ0v) is 24.3. The molecule has 210 valence electrons. The minimum Gasteiger partial charge on any atom is -0.481 e. The van der Waals surface area contributed by atoms with Gasteiger partial charge >= 0.3 is 0 Å². The number of ether oxygens (including phenoxy) is 1. The number of hydrogen-bond donors (Lipinski definition) is 1. The first-order valence-corrected chi connectivity index (χ1v) is 16.5. The molecule has 1 amide bonds. The average molecular weight is 572 g/mol. The van der Waals surface area contributed by atoms with Gasteiger partial charge < -0.3 is 15.0 Å². The number of piperazine rings is 1. The molecule has 1 saturated heterocycles. The predicted octanol–water partition coefficient (Wildman–Crippen LogP) is 4.17. The summed E-state index contributed by atoms with van der Waals surface area (Å²) in [5.41, 5.74) is 2.90. The first kappa shape index (κ1) is 27.8. The van der Waals surface area contributed by atoms with E-state index in [2.05, 4.69) is 49.4 Å². The maximum Gasteiger partial charge on any atom is 0.233 e. The Hall–Kier alpha value is -2.76. The van der Waals surface area contributed by atoms with Crippen LogP contribution in [0.3, 0.4) is 0 Å². The summed E-state index contributed by atoms with van der Waals surface area (Å²) in [6.45, 7) is 3.97. The Bertz CT molecular complexity index is 1380. The van der Waals surface area contributed by atoms with Crippen molar-refractivity contribution in [1.82, 2.24) is 14.9 Å². The van der Waals surface area contributed by atoms with Crippen LogP contribution in [0.15, 0.2) is 36.4 Å². The van der Waals surface area contributed by atoms with Gasteiger partial charge in [-0.05, 0) is 36.1 Å². The van der Waals surface area contributed by atoms with Crippen LogP contribution >= 0.6 is 11.3 Å². The lowest BCUT2D eigenvalue weighted by Crippen LogP contribution is -2.47. The van der Waals surface area contributed by atoms with E-state index in [9.17, 15) is 13.2 Å². The van der Waals surface area contributed by atoms with Crippen molar-refractivity contribution in [1.29, 1.82) is 0 Å². The molecule has 2 fully saturated rings. The minimum absolute atomic E-state index is 0.0276. The van der Waals surface area contributed by atoms with Gasteiger partial charge in [0.2, 0.25) is 11.8 Å². The molecule has 39 heavy (non-hydrogen) atoms. The molecule has 0 radical (unpaired) electrons. The van der Waals surface area contributed by atoms with Crippen molar-refractivity contribution in [2.45, 2.75) is 38.0 Å². The van der Waals surface area contributed by atoms with Crippen LogP contribution in [0, 0.1) is 5.92 Å². The van der Waals surface area contributed by atoms with Gasteiger partial charge in [-0.25, -0.2) is 18.4 Å². The normalized spacial score (nSPS) is 17.9. The third kappa shape index (κ3) is 7.26. The number of aromatic nitrogens is 2. The van der Waals surface area contributed by atoms with E-state index in [4.69, 9.17) is 4.74 Å². The van der Waals surface area contributed by atoms with Crippen LogP contribution in [0.4, 0.5) is 10.8 Å². The molecule has 0 spiro atoms. The van der Waals surface area contributed by atoms with Crippen molar-refractivity contribution < 1.29 is 17.9 Å². The Morgan fingerprint density at radius 1 is 1.08 bits per heavy atom. The number of carbonyl (C=O) groups is 1. The minimum atomic E-state index is -2.95. The highest BCUT2D eigenvalue weighted by atomic mass is 32.2. The number of carbonyl (C=O) groups excluding carboxylic acids is 1. The molecule has 1 aliphatic carbocycles. The maximum atomic E-state index is 13.6. The van der Waals surface area contributed by atoms with Crippen LogP contribution in [0.2, 0.25) is 0 Å². The number of amides is 1. The molecule has 1 N–H and O–H groups in total. The lowest BCUT2D eigenvalue weighted by atomic mass is 9.87. The SMILES string of the molecule is COc1ccc2nc(NC(=O)C(CC3CCCC3)c3ccc(N4CCN(CCS(C)(=O)=O)CC4)cc3)sc2n1. The first-order valence-electron chi connectivity index (χ1n) is 13.6. The van der Waals surface area contributed by atoms with Gasteiger partial charge in [0.1, 0.15) is 20.2 Å². The van der Waals surface area contributed by atoms with Gasteiger partial charge in [-0.1, -0.05) is 49.2 Å². The summed E-state index contributed by atoms with van der Waals surface area (Å²) >= 11 is 1.36. The molecule has 3 aromatic rings. The third-order valence-electron chi connectivity index (χ3n) is 7.84. The molecule has 1 unspecified atom stereocenters. The number of rotatable bonds is 10. The lowest BCUT2D eigenvalue weighted by Gasteiger charge is -2.36. The molecule has 9 nitrogen and oxygen atoms in total. The molecule has 2 aliphatic rings. The van der Waals surface area contributed by atoms with Crippen molar-refractivity contribution in [2.24, 2.45) is 5.92 Å². The van der Waals surface area contributed by atoms with Gasteiger partial charge in [0.05, 0.1) is 18.8 Å². The molecule has 1 aliphatic heterocycles. The van der Waals surface area contributed by atoms with E-state index in [1.54, 1.807) is 13.2 Å². The Morgan fingerprint density at radius 3 is 2.46 bits per heavy atom. The fraction of sp³-hybridized carbons (Fsp3) is 0.536. The third-order valence-corrected chi connectivity index (χ3v) is 9.65. The summed E-state index contributed by atoms with van der Waals surface area (Å²) in [5.74, 6) is 1.01. The lowest BCUT2D eigenvalue weighted by molar-refractivity contribution is -0.118. The Kier molecular flexibility index (Phi) is 8.68. The van der Waals surface area contributed by atoms with E-state index in [1.165, 1.54) is 43.3 Å². The van der Waals surface area contributed by atoms with Crippen LogP contribution in [0.25, 0.3) is 10.3 Å². The van der Waals surface area contributed by atoms with E-state index in [1.807, 2.05) is 6.07 Å². The van der Waals surface area contributed by atoms with Gasteiger partial charge in [0.25, 0.3) is 0 Å². The fourth-order valence-corrected chi connectivity index (χ4v) is 7.00. The van der Waals surface area contributed by atoms with Gasteiger partial charge in [0.15, 0.2) is 5.13 Å². The van der Waals surface area contributed by atoms with Gasteiger partial charge in [-0.3, -0.25) is 9.69 Å². The molecule has 2 aromatic heterocycles. The summed E-state index contributed by atoms with van der Waals surface area (Å²) < 4.78 is 28.2. The number of nitrogens with one attached hydrogen (secondary N) is 1. The first-order chi connectivity index (χ1) is 18.8. The quantitative estimate of drug-likeness (QED) is 0.387. The van der Waals surface area contributed by atoms with E-state index in [-0.39, 0.29) is 17.6 Å². The highest BCUT2D eigenvalue weighted by Gasteiger charge is 2.28. The molecule has 11 heteroatoms. The summed E-state index contributed by atoms with van der Waals surface area (Å²) in [6.07, 6.45) is 6.95. The van der Waals surface area contributed by atoms with E-state index in [0.29, 0.717) is 23.5 Å². The summed E-state index contributed by atoms with van der Waals surface area (Å²) in [6, 6.07) is 12.0. The Balaban J connectivity index is 1.26. The van der Waals surface area contributed by atoms with Crippen LogP contribution in [0.1, 0.15) is 43.6 Å². The van der Waals surface area contributed by atoms with Crippen molar-refractivity contribution in [3.8, 4) is 5.88 Å². The number of benzene rings is 1. The highest BCUT2D eigenvalue weighted by Crippen LogP contribution is 2.36. The van der Waals surface area contributed by atoms with Gasteiger partial charge in [-0.2, -0.15) is 0 Å². The Labute approximate surface area is 234 Å². The maximum absolute atomic E-state index is 13.6. The largest absolute Gasteiger partial charge is 0.481 e. The summed E-state index contributed by atoms with van der Waals surface area (Å²) in [7, 11) is -1.37. The number of hydrogen-bond acceptors (Lipinski definition) is 9. The summed E-state index contributed by atoms with van der Waals surface area (Å²) in [4.78, 5) is 27.9. The molecular weight excluding hydrogens is 534 g/mol. The zero-order chi connectivity index (χ0) is 27.4. The zero-order valence-electron chi connectivity index (χ0n) is 22.6. The second-order valence-corrected chi connectivity index (χ2v) is 13.9.